The molecular weight excluding hydrogens is 253 g/mol. The van der Waals surface area contributed by atoms with Crippen LogP contribution in [0.2, 0.25) is 5.02 Å². The van der Waals surface area contributed by atoms with Crippen molar-refractivity contribution < 1.29 is 4.42 Å². The average Bonchev–Trinajstić information content (AvgIpc) is 2.47. The molecule has 2 aromatic rings. The van der Waals surface area contributed by atoms with E-state index in [4.69, 9.17) is 21.3 Å². The fraction of sp³-hybridized carbons (Fsp3) is 0. The van der Waals surface area contributed by atoms with Gasteiger partial charge in [0.1, 0.15) is 11.7 Å². The van der Waals surface area contributed by atoms with Crippen LogP contribution in [0.5, 0.6) is 0 Å². The summed E-state index contributed by atoms with van der Waals surface area (Å²) in [5.74, 6) is 0.290. The highest BCUT2D eigenvalue weighted by Crippen LogP contribution is 2.30. The summed E-state index contributed by atoms with van der Waals surface area (Å²) in [6, 6.07) is 7.08. The van der Waals surface area contributed by atoms with Crippen molar-refractivity contribution in [3.05, 3.63) is 33.5 Å². The number of furan rings is 1. The number of rotatable bonds is 0. The van der Waals surface area contributed by atoms with Gasteiger partial charge in [-0.05, 0) is 28.1 Å². The Morgan fingerprint density at radius 3 is 2.85 bits per heavy atom. The second kappa shape index (κ2) is 3.06. The molecule has 1 aromatic carbocycles. The molecule has 1 aromatic heterocycles. The van der Waals surface area contributed by atoms with E-state index in [0.717, 1.165) is 9.86 Å². The van der Waals surface area contributed by atoms with Gasteiger partial charge >= 0.3 is 0 Å². The van der Waals surface area contributed by atoms with Crippen LogP contribution in [0.15, 0.2) is 27.1 Å². The summed E-state index contributed by atoms with van der Waals surface area (Å²) >= 11 is 9.12. The van der Waals surface area contributed by atoms with Crippen molar-refractivity contribution in [1.82, 2.24) is 0 Å². The van der Waals surface area contributed by atoms with E-state index in [1.165, 1.54) is 0 Å². The van der Waals surface area contributed by atoms with Crippen molar-refractivity contribution in [2.24, 2.45) is 0 Å². The fourth-order valence-electron chi connectivity index (χ4n) is 1.13. The van der Waals surface area contributed by atoms with Gasteiger partial charge in [0.25, 0.3) is 0 Å². The molecule has 0 aliphatic rings. The van der Waals surface area contributed by atoms with Crippen LogP contribution in [0.1, 0.15) is 5.76 Å². The lowest BCUT2D eigenvalue weighted by molar-refractivity contribution is 0.598. The van der Waals surface area contributed by atoms with Crippen LogP contribution in [-0.2, 0) is 0 Å². The van der Waals surface area contributed by atoms with E-state index in [2.05, 4.69) is 15.9 Å². The summed E-state index contributed by atoms with van der Waals surface area (Å²) in [6.07, 6.45) is 0. The van der Waals surface area contributed by atoms with Crippen molar-refractivity contribution in [3.63, 3.8) is 0 Å². The summed E-state index contributed by atoms with van der Waals surface area (Å²) in [7, 11) is 0. The number of fused-ring (bicyclic) bond motifs is 1. The zero-order chi connectivity index (χ0) is 9.42. The van der Waals surface area contributed by atoms with Crippen LogP contribution in [0, 0.1) is 11.3 Å². The van der Waals surface area contributed by atoms with E-state index >= 15 is 0 Å². The number of nitrogens with zero attached hydrogens (tertiary/aromatic N) is 1. The molecule has 0 saturated heterocycles. The Hall–Kier alpha value is -0.980. The molecule has 0 bridgehead atoms. The first kappa shape index (κ1) is 8.61. The molecule has 1 heterocycles. The Labute approximate surface area is 87.8 Å². The fourth-order valence-corrected chi connectivity index (χ4v) is 2.05. The third-order valence-corrected chi connectivity index (χ3v) is 2.45. The summed E-state index contributed by atoms with van der Waals surface area (Å²) < 4.78 is 6.00. The summed E-state index contributed by atoms with van der Waals surface area (Å²) in [4.78, 5) is 0. The Kier molecular flexibility index (Phi) is 2.03. The van der Waals surface area contributed by atoms with E-state index in [9.17, 15) is 0 Å². The highest BCUT2D eigenvalue weighted by atomic mass is 79.9. The number of nitriles is 1. The number of benzene rings is 1. The standard InChI is InChI=1S/C9H3BrClNO/c10-8-3-6(11)1-5-2-7(4-12)13-9(5)8/h1-3H. The predicted octanol–water partition coefficient (Wildman–Crippen LogP) is 3.72. The van der Waals surface area contributed by atoms with Crippen molar-refractivity contribution in [3.8, 4) is 6.07 Å². The van der Waals surface area contributed by atoms with Crippen LogP contribution in [-0.4, -0.2) is 0 Å². The third kappa shape index (κ3) is 1.43. The van der Waals surface area contributed by atoms with Gasteiger partial charge in [-0.1, -0.05) is 11.6 Å². The third-order valence-electron chi connectivity index (χ3n) is 1.65. The lowest BCUT2D eigenvalue weighted by Crippen LogP contribution is -1.67. The minimum Gasteiger partial charge on any atom is -0.444 e. The van der Waals surface area contributed by atoms with E-state index in [-0.39, 0.29) is 5.76 Å². The minimum absolute atomic E-state index is 0.290. The molecule has 0 spiro atoms. The van der Waals surface area contributed by atoms with E-state index in [0.29, 0.717) is 10.6 Å². The van der Waals surface area contributed by atoms with E-state index in [1.807, 2.05) is 6.07 Å². The number of hydrogen-bond acceptors (Lipinski definition) is 2. The Morgan fingerprint density at radius 1 is 1.38 bits per heavy atom. The molecule has 0 unspecified atom stereocenters. The van der Waals surface area contributed by atoms with Crippen molar-refractivity contribution >= 4 is 38.5 Å². The van der Waals surface area contributed by atoms with Crippen LogP contribution in [0.4, 0.5) is 0 Å². The molecule has 4 heteroatoms. The lowest BCUT2D eigenvalue weighted by Gasteiger charge is -1.92. The van der Waals surface area contributed by atoms with Gasteiger partial charge in [0.2, 0.25) is 5.76 Å². The van der Waals surface area contributed by atoms with Crippen molar-refractivity contribution in [2.75, 3.05) is 0 Å². The molecule has 0 N–H and O–H groups in total. The molecule has 0 aliphatic carbocycles. The molecule has 0 amide bonds. The first-order valence-corrected chi connectivity index (χ1v) is 4.66. The van der Waals surface area contributed by atoms with Crippen molar-refractivity contribution in [1.29, 1.82) is 5.26 Å². The summed E-state index contributed by atoms with van der Waals surface area (Å²) in [5.41, 5.74) is 0.654. The number of hydrogen-bond donors (Lipinski definition) is 0. The Morgan fingerprint density at radius 2 is 2.15 bits per heavy atom. The molecular formula is C9H3BrClNO. The summed E-state index contributed by atoms with van der Waals surface area (Å²) in [5, 5.41) is 10.1. The monoisotopic (exact) mass is 255 g/mol. The van der Waals surface area contributed by atoms with Gasteiger partial charge < -0.3 is 4.42 Å². The van der Waals surface area contributed by atoms with E-state index < -0.39 is 0 Å². The van der Waals surface area contributed by atoms with Crippen molar-refractivity contribution in [2.45, 2.75) is 0 Å². The first-order chi connectivity index (χ1) is 6.20. The molecule has 2 rings (SSSR count). The second-order valence-corrected chi connectivity index (χ2v) is 3.82. The maximum atomic E-state index is 8.61. The van der Waals surface area contributed by atoms with Gasteiger partial charge in [0.15, 0.2) is 0 Å². The maximum Gasteiger partial charge on any atom is 0.204 e. The zero-order valence-electron chi connectivity index (χ0n) is 6.34. The van der Waals surface area contributed by atoms with Gasteiger partial charge in [-0.15, -0.1) is 0 Å². The molecule has 0 fully saturated rings. The molecule has 0 aliphatic heterocycles. The van der Waals surface area contributed by atoms with E-state index in [1.54, 1.807) is 18.2 Å². The molecule has 0 saturated carbocycles. The quantitative estimate of drug-likeness (QED) is 0.720. The number of halogens is 2. The molecule has 0 radical (unpaired) electrons. The largest absolute Gasteiger partial charge is 0.444 e. The van der Waals surface area contributed by atoms with Gasteiger partial charge in [0, 0.05) is 16.5 Å². The molecule has 0 atom stereocenters. The zero-order valence-corrected chi connectivity index (χ0v) is 8.69. The normalized spacial score (nSPS) is 10.2. The lowest BCUT2D eigenvalue weighted by atomic mass is 10.2. The second-order valence-electron chi connectivity index (χ2n) is 2.53. The van der Waals surface area contributed by atoms with Gasteiger partial charge in [-0.25, -0.2) is 0 Å². The first-order valence-electron chi connectivity index (χ1n) is 3.49. The smallest absolute Gasteiger partial charge is 0.204 e. The van der Waals surface area contributed by atoms with Crippen LogP contribution < -0.4 is 0 Å². The topological polar surface area (TPSA) is 36.9 Å². The van der Waals surface area contributed by atoms with Gasteiger partial charge in [0.05, 0.1) is 4.47 Å². The predicted molar refractivity (Wildman–Crippen MR) is 53.6 cm³/mol. The van der Waals surface area contributed by atoms with Gasteiger partial charge in [-0.3, -0.25) is 0 Å². The highest BCUT2D eigenvalue weighted by molar-refractivity contribution is 9.10. The molecule has 13 heavy (non-hydrogen) atoms. The van der Waals surface area contributed by atoms with Crippen LogP contribution >= 0.6 is 27.5 Å². The molecule has 2 nitrogen and oxygen atoms in total. The van der Waals surface area contributed by atoms with Crippen LogP contribution in [0.3, 0.4) is 0 Å². The summed E-state index contributed by atoms with van der Waals surface area (Å²) in [6.45, 7) is 0. The van der Waals surface area contributed by atoms with Crippen LogP contribution in [0.25, 0.3) is 11.0 Å². The Bertz CT molecular complexity index is 512. The van der Waals surface area contributed by atoms with Gasteiger partial charge in [-0.2, -0.15) is 5.26 Å². The SMILES string of the molecule is N#Cc1cc2cc(Cl)cc(Br)c2o1. The average molecular weight is 256 g/mol. The Balaban J connectivity index is 2.84. The highest BCUT2D eigenvalue weighted by Gasteiger charge is 2.07. The minimum atomic E-state index is 0.290. The maximum absolute atomic E-state index is 8.61. The molecule has 64 valence electrons.